The summed E-state index contributed by atoms with van der Waals surface area (Å²) >= 11 is 0. The highest BCUT2D eigenvalue weighted by molar-refractivity contribution is 6.06. The number of unbranched alkanes of at least 4 members (excludes halogenated alkanes) is 3. The Bertz CT molecular complexity index is 2330. The number of ketones is 1. The van der Waals surface area contributed by atoms with Crippen molar-refractivity contribution in [1.82, 2.24) is 39.8 Å². The third-order valence-corrected chi connectivity index (χ3v) is 13.6. The summed E-state index contributed by atoms with van der Waals surface area (Å²) in [5.41, 5.74) is -0.823. The fourth-order valence-electron chi connectivity index (χ4n) is 9.48. The zero-order valence-electron chi connectivity index (χ0n) is 41.7. The van der Waals surface area contributed by atoms with Crippen LogP contribution in [0.25, 0.3) is 0 Å². The van der Waals surface area contributed by atoms with E-state index in [1.54, 1.807) is 63.5 Å². The zero-order chi connectivity index (χ0) is 50.3. The third-order valence-electron chi connectivity index (χ3n) is 13.6. The highest BCUT2D eigenvalue weighted by Crippen LogP contribution is 2.52. The molecular formula is C51H70N8O10. The van der Waals surface area contributed by atoms with Crippen molar-refractivity contribution in [3.63, 3.8) is 0 Å². The van der Waals surface area contributed by atoms with Crippen molar-refractivity contribution in [3.05, 3.63) is 71.8 Å². The monoisotopic (exact) mass is 955 g/mol. The molecule has 374 valence electrons. The van der Waals surface area contributed by atoms with Gasteiger partial charge in [-0.1, -0.05) is 79.6 Å². The number of benzene rings is 1. The van der Waals surface area contributed by atoms with Crippen LogP contribution in [0.15, 0.2) is 54.9 Å². The third kappa shape index (κ3) is 13.2. The van der Waals surface area contributed by atoms with Gasteiger partial charge in [-0.05, 0) is 98.0 Å². The van der Waals surface area contributed by atoms with Gasteiger partial charge in [-0.2, -0.15) is 0 Å². The van der Waals surface area contributed by atoms with Gasteiger partial charge in [-0.15, -0.1) is 10.2 Å². The van der Waals surface area contributed by atoms with Crippen LogP contribution in [0.5, 0.6) is 0 Å². The maximum atomic E-state index is 13.9. The molecule has 1 aliphatic heterocycles. The molecule has 0 N–H and O–H groups in total. The lowest BCUT2D eigenvalue weighted by atomic mass is 9.82. The van der Waals surface area contributed by atoms with Gasteiger partial charge in [0.15, 0.2) is 6.04 Å². The topological polar surface area (TPSA) is 215 Å². The molecule has 18 nitrogen and oxygen atoms in total. The molecule has 2 fully saturated rings. The van der Waals surface area contributed by atoms with Crippen LogP contribution in [-0.2, 0) is 60.9 Å². The van der Waals surface area contributed by atoms with E-state index in [-0.39, 0.29) is 98.2 Å². The summed E-state index contributed by atoms with van der Waals surface area (Å²) < 4.78 is 19.6. The summed E-state index contributed by atoms with van der Waals surface area (Å²) in [7, 11) is 0. The lowest BCUT2D eigenvalue weighted by Crippen LogP contribution is -2.35. The van der Waals surface area contributed by atoms with Gasteiger partial charge in [-0.3, -0.25) is 33.7 Å². The minimum Gasteiger partial charge on any atom is -0.466 e. The van der Waals surface area contributed by atoms with Gasteiger partial charge in [0.05, 0.1) is 55.3 Å². The van der Waals surface area contributed by atoms with E-state index in [2.05, 4.69) is 32.8 Å². The zero-order valence-corrected chi connectivity index (χ0v) is 41.7. The summed E-state index contributed by atoms with van der Waals surface area (Å²) in [6, 6.07) is 8.26. The molecule has 2 aromatic heterocycles. The van der Waals surface area contributed by atoms with E-state index < -0.39 is 34.4 Å². The Morgan fingerprint density at radius 2 is 1.39 bits per heavy atom. The average molecular weight is 955 g/mol. The number of rotatable bonds is 25. The van der Waals surface area contributed by atoms with E-state index in [4.69, 9.17) is 14.2 Å². The first-order valence-corrected chi connectivity index (χ1v) is 24.3. The van der Waals surface area contributed by atoms with Crippen LogP contribution in [0.3, 0.4) is 0 Å². The van der Waals surface area contributed by atoms with Gasteiger partial charge in [0.25, 0.3) is 0 Å². The molecule has 3 aliphatic rings. The number of nitrogens with zero attached hydrogens (tertiary/aromatic N) is 8. The van der Waals surface area contributed by atoms with E-state index in [0.29, 0.717) is 50.2 Å². The summed E-state index contributed by atoms with van der Waals surface area (Å²) in [5, 5.41) is 17.1. The van der Waals surface area contributed by atoms with E-state index in [9.17, 15) is 33.6 Å². The maximum absolute atomic E-state index is 13.9. The Morgan fingerprint density at radius 3 is 2.03 bits per heavy atom. The molecule has 2 aliphatic carbocycles. The molecule has 3 amide bonds. The summed E-state index contributed by atoms with van der Waals surface area (Å²) in [6.07, 6.45) is 11.1. The second-order valence-corrected chi connectivity index (χ2v) is 21.0. The first kappa shape index (κ1) is 52.3. The van der Waals surface area contributed by atoms with Crippen molar-refractivity contribution in [2.45, 2.75) is 151 Å². The van der Waals surface area contributed by atoms with Gasteiger partial charge >= 0.3 is 17.9 Å². The first-order chi connectivity index (χ1) is 32.6. The van der Waals surface area contributed by atoms with Crippen LogP contribution in [0.4, 0.5) is 0 Å². The van der Waals surface area contributed by atoms with Crippen LogP contribution in [-0.4, -0.2) is 106 Å². The number of allylic oxidation sites excluding steroid dienone is 2. The number of esters is 3. The summed E-state index contributed by atoms with van der Waals surface area (Å²) in [5.74, 6) is -2.18. The number of Topliss-reactive ketones (excluding diaryl/α,β-unsaturated/α-hetero) is 1. The quantitative estimate of drug-likeness (QED) is 0.0290. The highest BCUT2D eigenvalue weighted by Gasteiger charge is 2.59. The number of carbonyl (C=O) groups is 7. The number of aromatic nitrogens is 6. The predicted molar refractivity (Wildman–Crippen MR) is 251 cm³/mol. The lowest BCUT2D eigenvalue weighted by molar-refractivity contribution is -0.161. The molecular weight excluding hydrogens is 885 g/mol. The number of likely N-dealkylation sites (tertiary alicyclic amines) is 1. The van der Waals surface area contributed by atoms with E-state index in [0.717, 1.165) is 18.4 Å². The molecule has 0 radical (unpaired) electrons. The number of amides is 3. The van der Waals surface area contributed by atoms with Crippen molar-refractivity contribution in [2.75, 3.05) is 19.7 Å². The van der Waals surface area contributed by atoms with Gasteiger partial charge in [0.2, 0.25) is 17.7 Å². The van der Waals surface area contributed by atoms with Crippen LogP contribution in [0.1, 0.15) is 149 Å². The minimum absolute atomic E-state index is 0.0274. The Balaban J connectivity index is 1.08. The SMILES string of the molecule is CCOC(=O)C(C)(C)CC(c1ccccc1)n1cc(COC(=O)CCC(=O)N(CCCCCCN2C(=O)[C@@H]3[C@H](C2=O)[C@H]2C=C[C@@H]3C2)Cc2cn(C(CC(C)(C)C(C)=O)C(=O)OC(C)(C)C)nn2)nn1. The Morgan fingerprint density at radius 1 is 0.768 bits per heavy atom. The van der Waals surface area contributed by atoms with E-state index in [1.165, 1.54) is 16.5 Å². The fraction of sp³-hybridized carbons (Fsp3) is 0.627. The van der Waals surface area contributed by atoms with Crippen LogP contribution < -0.4 is 0 Å². The molecule has 2 bridgehead atoms. The van der Waals surface area contributed by atoms with Crippen molar-refractivity contribution in [1.29, 1.82) is 0 Å². The van der Waals surface area contributed by atoms with Crippen LogP contribution >= 0.6 is 0 Å². The Labute approximate surface area is 404 Å². The number of hydrogen-bond donors (Lipinski definition) is 0. The molecule has 1 aromatic carbocycles. The van der Waals surface area contributed by atoms with Gasteiger partial charge in [-0.25, -0.2) is 14.2 Å². The van der Waals surface area contributed by atoms with Crippen LogP contribution in [0, 0.1) is 34.5 Å². The molecule has 6 atom stereocenters. The van der Waals surface area contributed by atoms with E-state index >= 15 is 0 Å². The van der Waals surface area contributed by atoms with Crippen LogP contribution in [0.2, 0.25) is 0 Å². The predicted octanol–water partition coefficient (Wildman–Crippen LogP) is 6.55. The summed E-state index contributed by atoms with van der Waals surface area (Å²) in [4.78, 5) is 95.3. The number of hydrogen-bond acceptors (Lipinski definition) is 14. The van der Waals surface area contributed by atoms with E-state index in [1.807, 2.05) is 44.2 Å². The van der Waals surface area contributed by atoms with Crippen molar-refractivity contribution < 1.29 is 47.8 Å². The molecule has 3 aromatic rings. The van der Waals surface area contributed by atoms with Crippen molar-refractivity contribution >= 4 is 41.4 Å². The Kier molecular flexibility index (Phi) is 16.8. The summed E-state index contributed by atoms with van der Waals surface area (Å²) in [6.45, 7) is 16.4. The van der Waals surface area contributed by atoms with Gasteiger partial charge < -0.3 is 19.1 Å². The van der Waals surface area contributed by atoms with Gasteiger partial charge in [0.1, 0.15) is 29.4 Å². The largest absolute Gasteiger partial charge is 0.466 e. The normalized spacial score (nSPS) is 19.6. The molecule has 18 heteroatoms. The molecule has 69 heavy (non-hydrogen) atoms. The standard InChI is InChI=1S/C51H70N8O10/c1-10-67-48(66)51(8,9)27-39(34-18-14-13-15-19-34)58-31-38(53-55-58)32-68-42(62)23-22-41(61)56(24-16-11-12-17-25-57-45(63)43-35-20-21-36(26-35)44(43)46(57)64)29-37-30-59(54-52-37)40(28-50(6,7)33(2)60)47(65)69-49(3,4)5/h13-15,18-21,30-31,35-36,39-40,43-44H,10-12,16-17,22-29,32H2,1-9H3/t35-,36+,39?,40?,43+,44-. The minimum atomic E-state index is -0.967. The second-order valence-electron chi connectivity index (χ2n) is 21.0. The molecule has 1 saturated heterocycles. The molecule has 0 spiro atoms. The van der Waals surface area contributed by atoms with Gasteiger partial charge in [0, 0.05) is 24.9 Å². The first-order valence-electron chi connectivity index (χ1n) is 24.3. The Hall–Kier alpha value is -6.07. The smallest absolute Gasteiger partial charge is 0.331 e. The second kappa shape index (κ2) is 22.1. The number of ether oxygens (including phenoxy) is 3. The average Bonchev–Trinajstić information content (AvgIpc) is 4.15. The number of fused-ring (bicyclic) bond motifs is 5. The molecule has 6 rings (SSSR count). The number of imide groups is 1. The van der Waals surface area contributed by atoms with Crippen molar-refractivity contribution in [3.8, 4) is 0 Å². The molecule has 2 unspecified atom stereocenters. The van der Waals surface area contributed by atoms with Crippen molar-refractivity contribution in [2.24, 2.45) is 34.5 Å². The lowest BCUT2D eigenvalue weighted by Gasteiger charge is -2.29. The highest BCUT2D eigenvalue weighted by atomic mass is 16.6. The molecule has 3 heterocycles. The fourth-order valence-corrected chi connectivity index (χ4v) is 9.48. The molecule has 1 saturated carbocycles. The number of carbonyl (C=O) groups excluding carboxylic acids is 7. The maximum Gasteiger partial charge on any atom is 0.331 e.